The molecule has 1 aliphatic rings. The zero-order valence-corrected chi connectivity index (χ0v) is 18.9. The van der Waals surface area contributed by atoms with E-state index in [0.717, 1.165) is 17.9 Å². The van der Waals surface area contributed by atoms with Crippen LogP contribution >= 0.6 is 0 Å². The van der Waals surface area contributed by atoms with Gasteiger partial charge in [-0.3, -0.25) is 10.1 Å². The average Bonchev–Trinajstić information content (AvgIpc) is 3.07. The highest BCUT2D eigenvalue weighted by molar-refractivity contribution is 6.03. The van der Waals surface area contributed by atoms with Gasteiger partial charge in [-0.2, -0.15) is 4.98 Å². The van der Waals surface area contributed by atoms with E-state index in [-0.39, 0.29) is 11.4 Å². The van der Waals surface area contributed by atoms with E-state index >= 15 is 0 Å². The monoisotopic (exact) mass is 409 g/mol. The summed E-state index contributed by atoms with van der Waals surface area (Å²) in [6.07, 6.45) is 6.00. The van der Waals surface area contributed by atoms with Crippen LogP contribution in [0.3, 0.4) is 0 Å². The van der Waals surface area contributed by atoms with E-state index in [1.807, 2.05) is 31.2 Å². The van der Waals surface area contributed by atoms with Gasteiger partial charge in [0.15, 0.2) is 0 Å². The van der Waals surface area contributed by atoms with E-state index in [4.69, 9.17) is 9.72 Å². The predicted molar refractivity (Wildman–Crippen MR) is 122 cm³/mol. The Balaban J connectivity index is 1.86. The third-order valence-electron chi connectivity index (χ3n) is 5.74. The van der Waals surface area contributed by atoms with Gasteiger partial charge in [0.05, 0.1) is 12.2 Å². The maximum Gasteiger partial charge on any atom is 0.258 e. The van der Waals surface area contributed by atoms with Crippen molar-refractivity contribution in [3.63, 3.8) is 0 Å². The molecule has 2 aromatic rings. The number of nitrogens with one attached hydrogen (secondary N) is 1. The Morgan fingerprint density at radius 2 is 1.90 bits per heavy atom. The number of hydrogen-bond acceptors (Lipinski definition) is 4. The number of fused-ring (bicyclic) bond motifs is 1. The van der Waals surface area contributed by atoms with Crippen LogP contribution < -0.4 is 9.80 Å². The largest absolute Gasteiger partial charge is 0.376 e. The minimum absolute atomic E-state index is 0.124. The van der Waals surface area contributed by atoms with Gasteiger partial charge in [-0.15, -0.1) is 0 Å². The molecule has 3 rings (SSSR count). The van der Waals surface area contributed by atoms with Crippen molar-refractivity contribution in [2.75, 3.05) is 25.1 Å². The van der Waals surface area contributed by atoms with Gasteiger partial charge in [0.25, 0.3) is 5.91 Å². The minimum atomic E-state index is -0.209. The summed E-state index contributed by atoms with van der Waals surface area (Å²) >= 11 is 0. The maximum absolute atomic E-state index is 12.7. The van der Waals surface area contributed by atoms with Crippen LogP contribution in [0.25, 0.3) is 6.08 Å². The Bertz CT molecular complexity index is 929. The predicted octanol–water partition coefficient (Wildman–Crippen LogP) is 4.98. The van der Waals surface area contributed by atoms with Crippen LogP contribution in [0.4, 0.5) is 11.8 Å². The summed E-state index contributed by atoms with van der Waals surface area (Å²) in [7, 11) is 0. The second-order valence-corrected chi connectivity index (χ2v) is 8.98. The van der Waals surface area contributed by atoms with Crippen molar-refractivity contribution < 1.29 is 9.53 Å². The number of carbonyl (C=O) groups excluding carboxylic acids is 1. The number of hydrogen-bond donors (Lipinski definition) is 1. The maximum atomic E-state index is 12.7. The van der Waals surface area contributed by atoms with Crippen LogP contribution in [0, 0.1) is 0 Å². The van der Waals surface area contributed by atoms with Crippen molar-refractivity contribution in [3.05, 3.63) is 53.4 Å². The van der Waals surface area contributed by atoms with Gasteiger partial charge < -0.3 is 4.74 Å². The molecule has 0 fully saturated rings. The molecule has 1 aliphatic heterocycles. The highest BCUT2D eigenvalue weighted by atomic mass is 16.5. The summed E-state index contributed by atoms with van der Waals surface area (Å²) in [6, 6.07) is 7.67. The van der Waals surface area contributed by atoms with E-state index in [9.17, 15) is 4.79 Å². The first kappa shape index (κ1) is 22.1. The van der Waals surface area contributed by atoms with Crippen molar-refractivity contribution in [2.24, 2.45) is 0 Å². The Hall–Kier alpha value is -2.57. The Morgan fingerprint density at radius 1 is 1.20 bits per heavy atom. The van der Waals surface area contributed by atoms with Crippen LogP contribution in [0.1, 0.15) is 68.9 Å². The summed E-state index contributed by atoms with van der Waals surface area (Å²) in [5.41, 5.74) is 2.64. The molecule has 1 N–H and O–H groups in total. The summed E-state index contributed by atoms with van der Waals surface area (Å²) < 4.78 is 6.20. The highest BCUT2D eigenvalue weighted by Crippen LogP contribution is 2.40. The number of rotatable bonds is 7. The van der Waals surface area contributed by atoms with Gasteiger partial charge in [-0.25, -0.2) is 9.47 Å². The number of nitrogens with zero attached hydrogens (tertiary/aromatic N) is 3. The van der Waals surface area contributed by atoms with Gasteiger partial charge in [0, 0.05) is 24.4 Å². The molecular weight excluding hydrogens is 376 g/mol. The normalized spacial score (nSPS) is 18.0. The molecule has 0 aliphatic carbocycles. The van der Waals surface area contributed by atoms with Crippen LogP contribution in [0.2, 0.25) is 0 Å². The van der Waals surface area contributed by atoms with Crippen LogP contribution in [-0.2, 0) is 4.74 Å². The van der Waals surface area contributed by atoms with Gasteiger partial charge in [-0.05, 0) is 51.3 Å². The third kappa shape index (κ3) is 4.30. The van der Waals surface area contributed by atoms with Crippen molar-refractivity contribution in [1.29, 1.82) is 0 Å². The summed E-state index contributed by atoms with van der Waals surface area (Å²) in [5.74, 6) is 1.43. The summed E-state index contributed by atoms with van der Waals surface area (Å²) in [4.78, 5) is 21.9. The number of benzene rings is 1. The van der Waals surface area contributed by atoms with Crippen LogP contribution in [0.15, 0.2) is 36.7 Å². The van der Waals surface area contributed by atoms with Gasteiger partial charge in [-0.1, -0.05) is 26.0 Å². The minimum Gasteiger partial charge on any atom is -0.376 e. The molecule has 0 bridgehead atoms. The topological polar surface area (TPSA) is 64.1 Å². The number of amides is 1. The zero-order valence-electron chi connectivity index (χ0n) is 18.9. The first-order chi connectivity index (χ1) is 14.2. The molecule has 1 amide bonds. The lowest BCUT2D eigenvalue weighted by atomic mass is 10.0. The molecule has 1 aromatic carbocycles. The molecule has 6 nitrogen and oxygen atoms in total. The number of ether oxygens (including phenoxy) is 1. The quantitative estimate of drug-likeness (QED) is 0.517. The van der Waals surface area contributed by atoms with E-state index in [1.165, 1.54) is 5.56 Å². The zero-order chi connectivity index (χ0) is 21.9. The van der Waals surface area contributed by atoms with Crippen LogP contribution in [0.5, 0.6) is 0 Å². The molecule has 2 heterocycles. The second kappa shape index (κ2) is 8.66. The van der Waals surface area contributed by atoms with E-state index in [1.54, 1.807) is 6.20 Å². The van der Waals surface area contributed by atoms with Crippen LogP contribution in [-0.4, -0.2) is 41.2 Å². The second-order valence-electron chi connectivity index (χ2n) is 8.98. The lowest BCUT2D eigenvalue weighted by Gasteiger charge is -2.42. The molecule has 1 unspecified atom stereocenters. The standard InChI is InChI=1S/C24H32N4O2/c1-7-30-15-14-28(24(4,5)6)13-12-20-16-25-23(26-21(20)28)27-22(29)19-10-8-18(9-11-19)17(2)3/h8-13,16-17H,7,14-15H2,1-6H3/p+1. The number of aromatic nitrogens is 2. The SMILES string of the molecule is CCOCC[N+]1(C(C)(C)C)C=Cc2cnc(NC(=O)c3ccc(C(C)C)cc3)nc21. The molecule has 6 heteroatoms. The third-order valence-corrected chi connectivity index (χ3v) is 5.74. The lowest BCUT2D eigenvalue weighted by molar-refractivity contribution is 0.101. The molecule has 1 atom stereocenters. The fourth-order valence-corrected chi connectivity index (χ4v) is 3.76. The summed E-state index contributed by atoms with van der Waals surface area (Å²) in [6.45, 7) is 14.9. The van der Waals surface area contributed by atoms with Gasteiger partial charge in [0.2, 0.25) is 11.8 Å². The molecular formula is C24H33N4O2+. The van der Waals surface area contributed by atoms with E-state index in [2.05, 4.69) is 57.2 Å². The molecule has 0 saturated heterocycles. The number of quaternary nitrogens is 1. The highest BCUT2D eigenvalue weighted by Gasteiger charge is 2.46. The molecule has 0 saturated carbocycles. The first-order valence-corrected chi connectivity index (χ1v) is 10.6. The Labute approximate surface area is 179 Å². The molecule has 0 spiro atoms. The number of carbonyl (C=O) groups is 1. The smallest absolute Gasteiger partial charge is 0.258 e. The average molecular weight is 410 g/mol. The molecule has 30 heavy (non-hydrogen) atoms. The fourth-order valence-electron chi connectivity index (χ4n) is 3.76. The lowest BCUT2D eigenvalue weighted by Crippen LogP contribution is -2.58. The van der Waals surface area contributed by atoms with Crippen molar-refractivity contribution in [2.45, 2.75) is 53.0 Å². The van der Waals surface area contributed by atoms with Gasteiger partial charge >= 0.3 is 0 Å². The van der Waals surface area contributed by atoms with Crippen molar-refractivity contribution in [3.8, 4) is 0 Å². The summed E-state index contributed by atoms with van der Waals surface area (Å²) in [5, 5.41) is 2.86. The van der Waals surface area contributed by atoms with E-state index < -0.39 is 0 Å². The van der Waals surface area contributed by atoms with E-state index in [0.29, 0.717) is 35.1 Å². The Kier molecular flexibility index (Phi) is 6.38. The molecule has 1 aromatic heterocycles. The Morgan fingerprint density at radius 3 is 2.50 bits per heavy atom. The fraction of sp³-hybridized carbons (Fsp3) is 0.458. The molecule has 160 valence electrons. The van der Waals surface area contributed by atoms with Crippen molar-refractivity contribution >= 4 is 23.7 Å². The van der Waals surface area contributed by atoms with Crippen molar-refractivity contribution in [1.82, 2.24) is 14.5 Å². The molecule has 0 radical (unpaired) electrons. The van der Waals surface area contributed by atoms with Gasteiger partial charge in [0.1, 0.15) is 18.3 Å². The number of anilines is 1. The first-order valence-electron chi connectivity index (χ1n) is 10.6.